The Morgan fingerprint density at radius 2 is 1.86 bits per heavy atom. The van der Waals surface area contributed by atoms with E-state index in [1.54, 1.807) is 0 Å². The fourth-order valence-corrected chi connectivity index (χ4v) is 2.15. The maximum absolute atomic E-state index is 2.64. The Bertz CT molecular complexity index is 157. The van der Waals surface area contributed by atoms with Crippen LogP contribution in [0, 0.1) is 0 Å². The Balaban J connectivity index is 2.28. The van der Waals surface area contributed by atoms with E-state index in [1.165, 1.54) is 39.0 Å². The molecule has 1 rings (SSSR count). The van der Waals surface area contributed by atoms with Crippen molar-refractivity contribution >= 4 is 0 Å². The first-order valence-electron chi connectivity index (χ1n) is 5.63. The van der Waals surface area contributed by atoms with Gasteiger partial charge in [0.25, 0.3) is 0 Å². The van der Waals surface area contributed by atoms with E-state index in [1.807, 2.05) is 0 Å². The first-order valence-corrected chi connectivity index (χ1v) is 5.63. The van der Waals surface area contributed by atoms with E-state index in [0.717, 1.165) is 6.04 Å². The molecule has 0 N–H and O–H groups in total. The molecule has 0 aliphatic carbocycles. The van der Waals surface area contributed by atoms with Crippen LogP contribution >= 0.6 is 0 Å². The van der Waals surface area contributed by atoms with E-state index in [4.69, 9.17) is 0 Å². The van der Waals surface area contributed by atoms with Gasteiger partial charge in [-0.3, -0.25) is 4.90 Å². The van der Waals surface area contributed by atoms with Crippen molar-refractivity contribution < 1.29 is 0 Å². The Morgan fingerprint density at radius 1 is 1.14 bits per heavy atom. The number of likely N-dealkylation sites (N-methyl/N-ethyl adjacent to an activating group) is 2. The summed E-state index contributed by atoms with van der Waals surface area (Å²) in [7, 11) is 8.64. The van der Waals surface area contributed by atoms with Crippen LogP contribution in [0.5, 0.6) is 0 Å². The summed E-state index contributed by atoms with van der Waals surface area (Å²) in [5.41, 5.74) is 0. The van der Waals surface area contributed by atoms with Crippen LogP contribution in [0.3, 0.4) is 0 Å². The average Bonchev–Trinajstić information content (AvgIpc) is 2.47. The lowest BCUT2D eigenvalue weighted by atomic mass is 10.2. The molecule has 1 aliphatic heterocycles. The van der Waals surface area contributed by atoms with Crippen molar-refractivity contribution in [1.29, 1.82) is 0 Å². The fourth-order valence-electron chi connectivity index (χ4n) is 2.15. The van der Waals surface area contributed by atoms with Gasteiger partial charge in [0.2, 0.25) is 0 Å². The second kappa shape index (κ2) is 5.69. The highest BCUT2D eigenvalue weighted by atomic mass is 15.2. The molecule has 0 saturated carbocycles. The Morgan fingerprint density at radius 3 is 2.43 bits per heavy atom. The minimum absolute atomic E-state index is 0.796. The molecule has 3 nitrogen and oxygen atoms in total. The number of likely N-dealkylation sites (tertiary alicyclic amines) is 1. The van der Waals surface area contributed by atoms with E-state index in [0.29, 0.717) is 0 Å². The van der Waals surface area contributed by atoms with Crippen molar-refractivity contribution in [3.8, 4) is 0 Å². The van der Waals surface area contributed by atoms with Gasteiger partial charge in [-0.2, -0.15) is 0 Å². The molecule has 1 saturated heterocycles. The van der Waals surface area contributed by atoms with Gasteiger partial charge in [0.1, 0.15) is 0 Å². The largest absolute Gasteiger partial charge is 0.308 e. The lowest BCUT2D eigenvalue weighted by Crippen LogP contribution is -2.40. The minimum atomic E-state index is 0.796. The van der Waals surface area contributed by atoms with Crippen LogP contribution < -0.4 is 0 Å². The van der Waals surface area contributed by atoms with E-state index < -0.39 is 0 Å². The predicted molar refractivity (Wildman–Crippen MR) is 61.7 cm³/mol. The van der Waals surface area contributed by atoms with Crippen LogP contribution in [-0.2, 0) is 0 Å². The molecule has 1 aliphatic rings. The smallest absolute Gasteiger partial charge is 0.0223 e. The first kappa shape index (κ1) is 12.0. The summed E-state index contributed by atoms with van der Waals surface area (Å²) in [6, 6.07) is 0.796. The van der Waals surface area contributed by atoms with Crippen LogP contribution in [0.15, 0.2) is 0 Å². The summed E-state index contributed by atoms with van der Waals surface area (Å²) >= 11 is 0. The third-order valence-corrected chi connectivity index (χ3v) is 2.91. The lowest BCUT2D eigenvalue weighted by molar-refractivity contribution is 0.191. The monoisotopic (exact) mass is 199 g/mol. The van der Waals surface area contributed by atoms with Gasteiger partial charge in [-0.25, -0.2) is 0 Å². The van der Waals surface area contributed by atoms with Crippen LogP contribution in [0.4, 0.5) is 0 Å². The zero-order valence-electron chi connectivity index (χ0n) is 10.2. The van der Waals surface area contributed by atoms with Gasteiger partial charge >= 0.3 is 0 Å². The standard InChI is InChI=1S/C11H25N3/c1-12(2)8-9-14-7-5-6-11(14)10-13(3)4/h11H,5-10H2,1-4H3/t11-/m1/s1. The molecule has 1 atom stereocenters. The normalized spacial score (nSPS) is 24.0. The highest BCUT2D eigenvalue weighted by Crippen LogP contribution is 2.16. The van der Waals surface area contributed by atoms with Crippen LogP contribution in [0.25, 0.3) is 0 Å². The lowest BCUT2D eigenvalue weighted by Gasteiger charge is -2.27. The third kappa shape index (κ3) is 3.95. The van der Waals surface area contributed by atoms with Crippen LogP contribution in [0.2, 0.25) is 0 Å². The second-order valence-electron chi connectivity index (χ2n) is 4.90. The van der Waals surface area contributed by atoms with Crippen molar-refractivity contribution in [3.63, 3.8) is 0 Å². The van der Waals surface area contributed by atoms with Crippen molar-refractivity contribution in [2.45, 2.75) is 18.9 Å². The van der Waals surface area contributed by atoms with Crippen molar-refractivity contribution in [3.05, 3.63) is 0 Å². The predicted octanol–water partition coefficient (Wildman–Crippen LogP) is 0.574. The van der Waals surface area contributed by atoms with Gasteiger partial charge < -0.3 is 9.80 Å². The third-order valence-electron chi connectivity index (χ3n) is 2.91. The van der Waals surface area contributed by atoms with Gasteiger partial charge in [0.15, 0.2) is 0 Å². The zero-order chi connectivity index (χ0) is 10.6. The Hall–Kier alpha value is -0.120. The quantitative estimate of drug-likeness (QED) is 0.641. The van der Waals surface area contributed by atoms with Crippen molar-refractivity contribution in [1.82, 2.24) is 14.7 Å². The summed E-state index contributed by atoms with van der Waals surface area (Å²) in [6.45, 7) is 4.93. The van der Waals surface area contributed by atoms with Crippen molar-refractivity contribution in [2.75, 3.05) is 54.4 Å². The molecule has 0 aromatic heterocycles. The number of rotatable bonds is 5. The van der Waals surface area contributed by atoms with Crippen LogP contribution in [-0.4, -0.2) is 75.1 Å². The SMILES string of the molecule is CN(C)CCN1CCC[C@@H]1CN(C)C. The minimum Gasteiger partial charge on any atom is -0.308 e. The molecule has 0 spiro atoms. The maximum atomic E-state index is 2.64. The summed E-state index contributed by atoms with van der Waals surface area (Å²) in [6.07, 6.45) is 2.76. The van der Waals surface area contributed by atoms with E-state index in [2.05, 4.69) is 42.9 Å². The summed E-state index contributed by atoms with van der Waals surface area (Å²) in [5, 5.41) is 0. The molecule has 0 unspecified atom stereocenters. The number of hydrogen-bond donors (Lipinski definition) is 0. The van der Waals surface area contributed by atoms with Crippen LogP contribution in [0.1, 0.15) is 12.8 Å². The van der Waals surface area contributed by atoms with Gasteiger partial charge in [0, 0.05) is 25.7 Å². The summed E-state index contributed by atoms with van der Waals surface area (Å²) < 4.78 is 0. The average molecular weight is 199 g/mol. The van der Waals surface area contributed by atoms with E-state index in [9.17, 15) is 0 Å². The highest BCUT2D eigenvalue weighted by Gasteiger charge is 2.24. The van der Waals surface area contributed by atoms with E-state index in [-0.39, 0.29) is 0 Å². The Labute approximate surface area is 88.7 Å². The Kier molecular flexibility index (Phi) is 4.85. The topological polar surface area (TPSA) is 9.72 Å². The number of hydrogen-bond acceptors (Lipinski definition) is 3. The molecule has 14 heavy (non-hydrogen) atoms. The van der Waals surface area contributed by atoms with E-state index >= 15 is 0 Å². The molecule has 0 aromatic carbocycles. The molecule has 0 amide bonds. The molecule has 0 bridgehead atoms. The van der Waals surface area contributed by atoms with Gasteiger partial charge in [-0.15, -0.1) is 0 Å². The molecular weight excluding hydrogens is 174 g/mol. The zero-order valence-corrected chi connectivity index (χ0v) is 10.2. The molecule has 84 valence electrons. The summed E-state index contributed by atoms with van der Waals surface area (Å²) in [4.78, 5) is 7.21. The molecule has 1 heterocycles. The van der Waals surface area contributed by atoms with Gasteiger partial charge in [-0.1, -0.05) is 0 Å². The first-order chi connectivity index (χ1) is 6.59. The highest BCUT2D eigenvalue weighted by molar-refractivity contribution is 4.81. The maximum Gasteiger partial charge on any atom is 0.0223 e. The molecule has 1 fully saturated rings. The van der Waals surface area contributed by atoms with Gasteiger partial charge in [0.05, 0.1) is 0 Å². The molecule has 0 aromatic rings. The number of nitrogens with zero attached hydrogens (tertiary/aromatic N) is 3. The molecule has 0 radical (unpaired) electrons. The second-order valence-corrected chi connectivity index (χ2v) is 4.90. The van der Waals surface area contributed by atoms with Crippen molar-refractivity contribution in [2.24, 2.45) is 0 Å². The fraction of sp³-hybridized carbons (Fsp3) is 1.00. The molecular formula is C11H25N3. The molecule has 3 heteroatoms. The summed E-state index contributed by atoms with van der Waals surface area (Å²) in [5.74, 6) is 0. The van der Waals surface area contributed by atoms with Gasteiger partial charge in [-0.05, 0) is 47.6 Å².